The average Bonchev–Trinajstić information content (AvgIpc) is 3.22. The molecular formula is C18H38Br2N2O2. The normalized spacial score (nSPS) is 22.6. The second-order valence-electron chi connectivity index (χ2n) is 7.15. The van der Waals surface area contributed by atoms with E-state index in [0.717, 1.165) is 30.7 Å². The number of ether oxygens (including phenoxy) is 2. The fourth-order valence-corrected chi connectivity index (χ4v) is 4.06. The first-order valence-electron chi connectivity index (χ1n) is 9.47. The number of hydrogen-bond acceptors (Lipinski definition) is 3. The van der Waals surface area contributed by atoms with E-state index in [1.807, 2.05) is 0 Å². The second-order valence-corrected chi connectivity index (χ2v) is 7.15. The Morgan fingerprint density at radius 2 is 1.58 bits per heavy atom. The van der Waals surface area contributed by atoms with Gasteiger partial charge in [0.25, 0.3) is 0 Å². The summed E-state index contributed by atoms with van der Waals surface area (Å²) in [4.78, 5) is 2.59. The van der Waals surface area contributed by atoms with Gasteiger partial charge >= 0.3 is 0 Å². The third kappa shape index (κ3) is 7.20. The first kappa shape index (κ1) is 24.8. The highest BCUT2D eigenvalue weighted by molar-refractivity contribution is 8.93. The van der Waals surface area contributed by atoms with Crippen molar-refractivity contribution in [2.24, 2.45) is 0 Å². The van der Waals surface area contributed by atoms with E-state index in [0.29, 0.717) is 12.3 Å². The van der Waals surface area contributed by atoms with E-state index >= 15 is 0 Å². The molecule has 2 aliphatic rings. The van der Waals surface area contributed by atoms with Crippen molar-refractivity contribution in [2.75, 3.05) is 52.5 Å². The van der Waals surface area contributed by atoms with Crippen molar-refractivity contribution in [3.05, 3.63) is 0 Å². The molecule has 2 heterocycles. The fraction of sp³-hybridized carbons (Fsp3) is 1.00. The van der Waals surface area contributed by atoms with Crippen molar-refractivity contribution >= 4 is 17.0 Å². The number of nitrogens with zero attached hydrogens (tertiary/aromatic N) is 2. The van der Waals surface area contributed by atoms with Gasteiger partial charge in [-0.25, -0.2) is 0 Å². The van der Waals surface area contributed by atoms with Gasteiger partial charge in [-0.3, -0.25) is 4.48 Å². The lowest BCUT2D eigenvalue weighted by atomic mass is 10.2. The Labute approximate surface area is 170 Å². The van der Waals surface area contributed by atoms with Crippen LogP contribution in [0.3, 0.4) is 0 Å². The van der Waals surface area contributed by atoms with Gasteiger partial charge in [0.2, 0.25) is 0 Å². The van der Waals surface area contributed by atoms with Gasteiger partial charge in [0.1, 0.15) is 0 Å². The predicted octanol–water partition coefficient (Wildman–Crippen LogP) is 0.452. The molecule has 2 atom stereocenters. The molecule has 146 valence electrons. The Bertz CT molecular complexity index is 309. The van der Waals surface area contributed by atoms with Crippen LogP contribution in [0.4, 0.5) is 0 Å². The van der Waals surface area contributed by atoms with Crippen LogP contribution in [0.25, 0.3) is 0 Å². The zero-order chi connectivity index (χ0) is 15.8. The van der Waals surface area contributed by atoms with Gasteiger partial charge in [0.15, 0.2) is 6.23 Å². The zero-order valence-corrected chi connectivity index (χ0v) is 19.1. The molecule has 0 amide bonds. The molecule has 2 saturated heterocycles. The van der Waals surface area contributed by atoms with Crippen LogP contribution < -0.4 is 17.0 Å². The Kier molecular flexibility index (Phi) is 13.5. The summed E-state index contributed by atoms with van der Waals surface area (Å²) in [6.07, 6.45) is 6.91. The smallest absolute Gasteiger partial charge is 0.190 e. The van der Waals surface area contributed by atoms with Crippen LogP contribution in [-0.4, -0.2) is 74.2 Å². The first-order chi connectivity index (χ1) is 10.7. The molecule has 0 N–H and O–H groups in total. The minimum Gasteiger partial charge on any atom is -1.00 e. The molecule has 0 aliphatic carbocycles. The Morgan fingerprint density at radius 3 is 2.17 bits per heavy atom. The van der Waals surface area contributed by atoms with E-state index in [2.05, 4.69) is 25.7 Å². The lowest BCUT2D eigenvalue weighted by Crippen LogP contribution is -3.00. The van der Waals surface area contributed by atoms with E-state index in [9.17, 15) is 0 Å². The van der Waals surface area contributed by atoms with E-state index in [4.69, 9.17) is 9.47 Å². The van der Waals surface area contributed by atoms with Crippen molar-refractivity contribution in [1.82, 2.24) is 4.90 Å². The van der Waals surface area contributed by atoms with Gasteiger partial charge in [-0.2, -0.15) is 0 Å². The topological polar surface area (TPSA) is 21.7 Å². The van der Waals surface area contributed by atoms with Gasteiger partial charge in [0, 0.05) is 32.4 Å². The maximum Gasteiger partial charge on any atom is 0.190 e. The molecule has 24 heavy (non-hydrogen) atoms. The molecule has 0 aromatic carbocycles. The molecule has 2 unspecified atom stereocenters. The van der Waals surface area contributed by atoms with Gasteiger partial charge in [-0.05, 0) is 46.2 Å². The molecule has 2 aliphatic heterocycles. The summed E-state index contributed by atoms with van der Waals surface area (Å²) in [5.41, 5.74) is 0. The number of quaternary nitrogens is 1. The summed E-state index contributed by atoms with van der Waals surface area (Å²) in [6, 6.07) is 0.667. The monoisotopic (exact) mass is 472 g/mol. The van der Waals surface area contributed by atoms with E-state index in [-0.39, 0.29) is 34.0 Å². The van der Waals surface area contributed by atoms with Crippen LogP contribution in [0, 0.1) is 0 Å². The summed E-state index contributed by atoms with van der Waals surface area (Å²) in [6.45, 7) is 15.5. The van der Waals surface area contributed by atoms with Crippen molar-refractivity contribution in [2.45, 2.75) is 65.1 Å². The molecule has 2 fully saturated rings. The van der Waals surface area contributed by atoms with Crippen LogP contribution >= 0.6 is 17.0 Å². The molecule has 2 rings (SSSR count). The predicted molar refractivity (Wildman–Crippen MR) is 101 cm³/mol. The molecule has 0 aromatic heterocycles. The molecule has 6 heteroatoms. The first-order valence-corrected chi connectivity index (χ1v) is 9.47. The van der Waals surface area contributed by atoms with Crippen molar-refractivity contribution in [1.29, 1.82) is 0 Å². The van der Waals surface area contributed by atoms with E-state index in [1.54, 1.807) is 0 Å². The third-order valence-electron chi connectivity index (χ3n) is 5.89. The van der Waals surface area contributed by atoms with Crippen LogP contribution in [0.5, 0.6) is 0 Å². The largest absolute Gasteiger partial charge is 1.00 e. The van der Waals surface area contributed by atoms with Gasteiger partial charge in [-0.1, -0.05) is 0 Å². The Morgan fingerprint density at radius 1 is 0.958 bits per heavy atom. The molecule has 0 spiro atoms. The van der Waals surface area contributed by atoms with Gasteiger partial charge in [0.05, 0.1) is 32.8 Å². The molecule has 0 aromatic rings. The number of halogens is 2. The molecule has 0 radical (unpaired) electrons. The minimum atomic E-state index is 0. The van der Waals surface area contributed by atoms with Crippen molar-refractivity contribution < 1.29 is 30.9 Å². The maximum absolute atomic E-state index is 6.06. The van der Waals surface area contributed by atoms with E-state index < -0.39 is 0 Å². The van der Waals surface area contributed by atoms with Crippen LogP contribution in [0.1, 0.15) is 52.9 Å². The van der Waals surface area contributed by atoms with E-state index in [1.165, 1.54) is 58.4 Å². The number of hydrogen-bond donors (Lipinski definition) is 0. The summed E-state index contributed by atoms with van der Waals surface area (Å²) in [5, 5.41) is 0. The third-order valence-corrected chi connectivity index (χ3v) is 5.89. The minimum absolute atomic E-state index is 0. The number of likely N-dealkylation sites (tertiary alicyclic amines) is 2. The van der Waals surface area contributed by atoms with Crippen LogP contribution in [0.15, 0.2) is 0 Å². The quantitative estimate of drug-likeness (QED) is 0.339. The lowest BCUT2D eigenvalue weighted by Gasteiger charge is -2.38. The lowest BCUT2D eigenvalue weighted by molar-refractivity contribution is -0.958. The summed E-state index contributed by atoms with van der Waals surface area (Å²) >= 11 is 0. The van der Waals surface area contributed by atoms with Crippen molar-refractivity contribution in [3.8, 4) is 0 Å². The summed E-state index contributed by atoms with van der Waals surface area (Å²) in [5.74, 6) is 0. The number of rotatable bonds is 10. The highest BCUT2D eigenvalue weighted by Gasteiger charge is 2.36. The second kappa shape index (κ2) is 13.0. The van der Waals surface area contributed by atoms with Gasteiger partial charge in [-0.15, -0.1) is 17.0 Å². The molecule has 0 bridgehead atoms. The standard InChI is InChI=1S/C18H37N2O2.2BrH/c1-4-20(12-7-8-13-20)18(3)22-16-15-21-14-9-17(2)19-10-5-6-11-19;;/h17-18H,4-16H2,1-3H3;2*1H/q+1;;/p-1. The molecule has 0 saturated carbocycles. The van der Waals surface area contributed by atoms with Crippen LogP contribution in [-0.2, 0) is 9.47 Å². The highest BCUT2D eigenvalue weighted by atomic mass is 79.9. The molecule has 4 nitrogen and oxygen atoms in total. The SMILES string of the molecule is Br.CC[N+]1(C(C)OCCOCCC(C)N2CCCC2)CCCC1.[Br-]. The summed E-state index contributed by atoms with van der Waals surface area (Å²) in [7, 11) is 0. The Balaban J connectivity index is 0.00000264. The zero-order valence-electron chi connectivity index (χ0n) is 15.8. The Hall–Kier alpha value is 0.800. The van der Waals surface area contributed by atoms with Crippen LogP contribution in [0.2, 0.25) is 0 Å². The summed E-state index contributed by atoms with van der Waals surface area (Å²) < 4.78 is 13.0. The maximum atomic E-state index is 6.06. The fourth-order valence-electron chi connectivity index (χ4n) is 4.06. The van der Waals surface area contributed by atoms with Gasteiger partial charge < -0.3 is 31.4 Å². The average molecular weight is 474 g/mol. The highest BCUT2D eigenvalue weighted by Crippen LogP contribution is 2.23. The van der Waals surface area contributed by atoms with Crippen molar-refractivity contribution in [3.63, 3.8) is 0 Å². The molecular weight excluding hydrogens is 436 g/mol.